The maximum Gasteiger partial charge on any atom is 0.0361 e. The van der Waals surface area contributed by atoms with Crippen LogP contribution in [0, 0.1) is 0 Å². The Kier molecular flexibility index (Phi) is 8.08. The van der Waals surface area contributed by atoms with Crippen LogP contribution in [0.5, 0.6) is 0 Å². The van der Waals surface area contributed by atoms with Gasteiger partial charge in [-0.25, -0.2) is 0 Å². The van der Waals surface area contributed by atoms with E-state index in [-0.39, 0.29) is 0 Å². The minimum Gasteiger partial charge on any atom is -0.135 e. The highest BCUT2D eigenvalue weighted by Crippen LogP contribution is 2.51. The molecular formula is C64H36S3. The Morgan fingerprint density at radius 3 is 1.00 bits per heavy atom. The molecule has 0 aliphatic carbocycles. The standard InChI is InChI=1S/C64H36S3/c1-3-18-44-42(16-1)60(37-29-32-56-52(34-37)40-14-9-11-25-54(40)65-56)43-17-2-4-19-45(43)62(44)39-28-31-50-59(36-39)67-58-27-13-24-51(64(50)58)63-48-22-7-5-20-46(48)61(47-21-6-8-23-49(47)63)38-30-33-57-53(35-38)41-15-10-12-26-55(41)66-57/h1-36H. The first-order valence-electron chi connectivity index (χ1n) is 22.9. The molecule has 0 aliphatic rings. The lowest BCUT2D eigenvalue weighted by molar-refractivity contribution is 1.70. The first-order valence-corrected chi connectivity index (χ1v) is 25.3. The highest BCUT2D eigenvalue weighted by atomic mass is 32.1. The van der Waals surface area contributed by atoms with E-state index in [1.807, 2.05) is 34.0 Å². The van der Waals surface area contributed by atoms with Gasteiger partial charge in [-0.3, -0.25) is 0 Å². The van der Waals surface area contributed by atoms with Crippen molar-refractivity contribution in [2.24, 2.45) is 0 Å². The van der Waals surface area contributed by atoms with Crippen LogP contribution in [0.15, 0.2) is 218 Å². The summed E-state index contributed by atoms with van der Waals surface area (Å²) in [6, 6.07) is 82.2. The van der Waals surface area contributed by atoms with E-state index in [2.05, 4.69) is 218 Å². The third-order valence-corrected chi connectivity index (χ3v) is 17.7. The molecule has 0 spiro atoms. The number of thiophene rings is 3. The molecule has 310 valence electrons. The zero-order valence-corrected chi connectivity index (χ0v) is 38.5. The van der Waals surface area contributed by atoms with E-state index >= 15 is 0 Å². The second kappa shape index (κ2) is 14.4. The fraction of sp³-hybridized carbons (Fsp3) is 0. The summed E-state index contributed by atoms with van der Waals surface area (Å²) < 4.78 is 7.92. The van der Waals surface area contributed by atoms with Gasteiger partial charge in [0.1, 0.15) is 0 Å². The van der Waals surface area contributed by atoms with Gasteiger partial charge in [0, 0.05) is 60.5 Å². The molecule has 0 N–H and O–H groups in total. The molecule has 15 rings (SSSR count). The number of benzene rings is 12. The van der Waals surface area contributed by atoms with Crippen LogP contribution in [0.25, 0.3) is 148 Å². The maximum atomic E-state index is 2.46. The molecule has 15 aromatic rings. The van der Waals surface area contributed by atoms with E-state index in [9.17, 15) is 0 Å². The van der Waals surface area contributed by atoms with Crippen LogP contribution in [-0.2, 0) is 0 Å². The van der Waals surface area contributed by atoms with Crippen LogP contribution < -0.4 is 0 Å². The molecule has 67 heavy (non-hydrogen) atoms. The zero-order chi connectivity index (χ0) is 43.7. The average molecular weight is 901 g/mol. The first-order chi connectivity index (χ1) is 33.2. The van der Waals surface area contributed by atoms with Crippen LogP contribution in [0.4, 0.5) is 0 Å². The first kappa shape index (κ1) is 37.5. The van der Waals surface area contributed by atoms with Gasteiger partial charge in [-0.2, -0.15) is 0 Å². The number of hydrogen-bond acceptors (Lipinski definition) is 3. The molecule has 0 bridgehead atoms. The molecule has 0 saturated carbocycles. The number of rotatable bonds is 4. The molecule has 0 amide bonds. The Hall–Kier alpha value is -7.66. The van der Waals surface area contributed by atoms with Crippen LogP contribution in [0.1, 0.15) is 0 Å². The Morgan fingerprint density at radius 2 is 0.537 bits per heavy atom. The number of fused-ring (bicyclic) bond motifs is 13. The smallest absolute Gasteiger partial charge is 0.0361 e. The van der Waals surface area contributed by atoms with Crippen LogP contribution in [0.2, 0.25) is 0 Å². The Morgan fingerprint density at radius 1 is 0.194 bits per heavy atom. The van der Waals surface area contributed by atoms with Crippen molar-refractivity contribution in [1.82, 2.24) is 0 Å². The van der Waals surface area contributed by atoms with E-state index in [0.717, 1.165) is 0 Å². The minimum atomic E-state index is 1.24. The van der Waals surface area contributed by atoms with Gasteiger partial charge in [0.05, 0.1) is 0 Å². The molecule has 3 heterocycles. The molecule has 0 unspecified atom stereocenters. The molecule has 0 saturated heterocycles. The quantitative estimate of drug-likeness (QED) is 0.154. The zero-order valence-electron chi connectivity index (χ0n) is 36.0. The van der Waals surface area contributed by atoms with Crippen molar-refractivity contribution in [3.05, 3.63) is 218 Å². The minimum absolute atomic E-state index is 1.24. The molecule has 3 heteroatoms. The van der Waals surface area contributed by atoms with Crippen molar-refractivity contribution in [3.8, 4) is 44.5 Å². The topological polar surface area (TPSA) is 0 Å². The molecule has 3 aromatic heterocycles. The summed E-state index contributed by atoms with van der Waals surface area (Å²) in [5.41, 5.74) is 10.2. The summed E-state index contributed by atoms with van der Waals surface area (Å²) in [4.78, 5) is 0. The van der Waals surface area contributed by atoms with E-state index < -0.39 is 0 Å². The highest BCUT2D eigenvalue weighted by Gasteiger charge is 2.22. The van der Waals surface area contributed by atoms with E-state index in [4.69, 9.17) is 0 Å². The molecule has 0 aliphatic heterocycles. The van der Waals surface area contributed by atoms with Gasteiger partial charge in [0.2, 0.25) is 0 Å². The summed E-state index contributed by atoms with van der Waals surface area (Å²) in [6.07, 6.45) is 0. The maximum absolute atomic E-state index is 2.46. The predicted molar refractivity (Wildman–Crippen MR) is 297 cm³/mol. The van der Waals surface area contributed by atoms with Crippen LogP contribution in [-0.4, -0.2) is 0 Å². The van der Waals surface area contributed by atoms with Gasteiger partial charge in [0.25, 0.3) is 0 Å². The van der Waals surface area contributed by atoms with E-state index in [1.54, 1.807) is 0 Å². The SMILES string of the molecule is c1ccc2c(c1)sc1ccc(-c3c4ccccc4c(-c4ccc5c(c4)sc4cccc(-c6c7ccccc7c(-c7ccc8sc9ccccc9c8c7)c7ccccc67)c45)c4ccccc34)cc12. The normalized spacial score (nSPS) is 12.2. The Bertz CT molecular complexity index is 4460. The lowest BCUT2D eigenvalue weighted by Gasteiger charge is -2.19. The van der Waals surface area contributed by atoms with Crippen molar-refractivity contribution in [3.63, 3.8) is 0 Å². The summed E-state index contributed by atoms with van der Waals surface area (Å²) in [6.45, 7) is 0. The van der Waals surface area contributed by atoms with Gasteiger partial charge < -0.3 is 0 Å². The summed E-state index contributed by atoms with van der Waals surface area (Å²) in [5.74, 6) is 0. The monoisotopic (exact) mass is 900 g/mol. The Balaban J connectivity index is 0.936. The van der Waals surface area contributed by atoms with Crippen molar-refractivity contribution >= 4 is 138 Å². The third kappa shape index (κ3) is 5.51. The van der Waals surface area contributed by atoms with Gasteiger partial charge in [-0.1, -0.05) is 170 Å². The molecule has 0 nitrogen and oxygen atoms in total. The van der Waals surface area contributed by atoms with E-state index in [0.29, 0.717) is 0 Å². The molecule has 0 atom stereocenters. The lowest BCUT2D eigenvalue weighted by Crippen LogP contribution is -1.91. The summed E-state index contributed by atoms with van der Waals surface area (Å²) in [7, 11) is 0. The van der Waals surface area contributed by atoms with Crippen molar-refractivity contribution in [1.29, 1.82) is 0 Å². The largest absolute Gasteiger partial charge is 0.135 e. The Labute approximate surface area is 397 Å². The lowest BCUT2D eigenvalue weighted by atomic mass is 9.84. The van der Waals surface area contributed by atoms with Gasteiger partial charge in [0.15, 0.2) is 0 Å². The van der Waals surface area contributed by atoms with E-state index in [1.165, 1.54) is 148 Å². The molecule has 12 aromatic carbocycles. The third-order valence-electron chi connectivity index (χ3n) is 14.2. The summed E-state index contributed by atoms with van der Waals surface area (Å²) >= 11 is 5.66. The van der Waals surface area contributed by atoms with Crippen LogP contribution in [0.3, 0.4) is 0 Å². The number of hydrogen-bond donors (Lipinski definition) is 0. The predicted octanol–water partition coefficient (Wildman–Crippen LogP) is 20.1. The van der Waals surface area contributed by atoms with Crippen LogP contribution >= 0.6 is 34.0 Å². The van der Waals surface area contributed by atoms with Crippen molar-refractivity contribution in [2.75, 3.05) is 0 Å². The van der Waals surface area contributed by atoms with Gasteiger partial charge >= 0.3 is 0 Å². The molecular weight excluding hydrogens is 865 g/mol. The van der Waals surface area contributed by atoms with Crippen molar-refractivity contribution < 1.29 is 0 Å². The average Bonchev–Trinajstić information content (AvgIpc) is 4.08. The fourth-order valence-electron chi connectivity index (χ4n) is 11.4. The summed E-state index contributed by atoms with van der Waals surface area (Å²) in [5, 5.41) is 18.1. The van der Waals surface area contributed by atoms with Crippen molar-refractivity contribution in [2.45, 2.75) is 0 Å². The molecule has 0 fully saturated rings. The second-order valence-electron chi connectivity index (χ2n) is 17.8. The fourth-order valence-corrected chi connectivity index (χ4v) is 14.8. The van der Waals surface area contributed by atoms with Gasteiger partial charge in [-0.05, 0) is 136 Å². The molecule has 0 radical (unpaired) electrons. The van der Waals surface area contributed by atoms with Gasteiger partial charge in [-0.15, -0.1) is 34.0 Å². The highest BCUT2D eigenvalue weighted by molar-refractivity contribution is 7.26. The second-order valence-corrected chi connectivity index (χ2v) is 21.0.